The zero-order chi connectivity index (χ0) is 18.9. The molecule has 2 heteroatoms. The van der Waals surface area contributed by atoms with Gasteiger partial charge in [0.1, 0.15) is 0 Å². The van der Waals surface area contributed by atoms with E-state index in [9.17, 15) is 0 Å². The van der Waals surface area contributed by atoms with E-state index in [0.29, 0.717) is 0 Å². The highest BCUT2D eigenvalue weighted by atomic mass is 35.5. The first kappa shape index (κ1) is 26.3. The second kappa shape index (κ2) is 18.7. The van der Waals surface area contributed by atoms with Crippen molar-refractivity contribution in [3.05, 3.63) is 29.8 Å². The van der Waals surface area contributed by atoms with Crippen LogP contribution in [0, 0.1) is 0 Å². The first-order valence-corrected chi connectivity index (χ1v) is 11.7. The van der Waals surface area contributed by atoms with Crippen LogP contribution in [0.25, 0.3) is 0 Å². The molecule has 27 heavy (non-hydrogen) atoms. The van der Waals surface area contributed by atoms with Gasteiger partial charge in [-0.3, -0.25) is 0 Å². The van der Waals surface area contributed by atoms with Gasteiger partial charge in [-0.05, 0) is 38.3 Å². The first-order valence-electron chi connectivity index (χ1n) is 11.7. The zero-order valence-electron chi connectivity index (χ0n) is 18.5. The number of aryl methyl sites for hydroxylation is 1. The van der Waals surface area contributed by atoms with Gasteiger partial charge in [0.05, 0.1) is 0 Å². The van der Waals surface area contributed by atoms with E-state index in [1.165, 1.54) is 95.6 Å². The maximum atomic E-state index is 2.48. The Labute approximate surface area is 176 Å². The minimum atomic E-state index is 0. The van der Waals surface area contributed by atoms with Crippen LogP contribution in [0.3, 0.4) is 0 Å². The van der Waals surface area contributed by atoms with Gasteiger partial charge in [0.25, 0.3) is 0 Å². The molecule has 0 spiro atoms. The van der Waals surface area contributed by atoms with Crippen LogP contribution in [-0.4, -0.2) is 13.1 Å². The zero-order valence-corrected chi connectivity index (χ0v) is 19.3. The minimum absolute atomic E-state index is 0. The Hall–Kier alpha value is -0.690. The predicted octanol–water partition coefficient (Wildman–Crippen LogP) is 8.59. The summed E-state index contributed by atoms with van der Waals surface area (Å²) < 4.78 is 0. The molecule has 0 bridgehead atoms. The fraction of sp³-hybridized carbons (Fsp3) is 0.760. The molecule has 1 aromatic carbocycles. The summed E-state index contributed by atoms with van der Waals surface area (Å²) in [5, 5.41) is 0. The lowest BCUT2D eigenvalue weighted by Gasteiger charge is -2.24. The van der Waals surface area contributed by atoms with E-state index in [4.69, 9.17) is 0 Å². The van der Waals surface area contributed by atoms with Crippen molar-refractivity contribution in [2.45, 2.75) is 111 Å². The fourth-order valence-electron chi connectivity index (χ4n) is 3.93. The molecule has 1 aromatic rings. The third kappa shape index (κ3) is 12.4. The quantitative estimate of drug-likeness (QED) is 0.238. The van der Waals surface area contributed by atoms with Gasteiger partial charge in [0, 0.05) is 18.8 Å². The van der Waals surface area contributed by atoms with Gasteiger partial charge in [-0.15, -0.1) is 12.4 Å². The standard InChI is InChI=1S/C25H45N.ClH/c1-4-7-8-9-10-11-12-13-14-15-16-17-18-21-24-22-19-20-23-25(24)26(5-2)6-3;/h19-20,22-23H,4-18,21H2,1-3H3;1H. The van der Waals surface area contributed by atoms with Gasteiger partial charge in [-0.1, -0.05) is 102 Å². The highest BCUT2D eigenvalue weighted by Gasteiger charge is 2.07. The summed E-state index contributed by atoms with van der Waals surface area (Å²) in [7, 11) is 0. The molecule has 0 radical (unpaired) electrons. The number of para-hydroxylation sites is 1. The lowest BCUT2D eigenvalue weighted by molar-refractivity contribution is 0.539. The number of nitrogens with zero attached hydrogens (tertiary/aromatic N) is 1. The van der Waals surface area contributed by atoms with Gasteiger partial charge >= 0.3 is 0 Å². The van der Waals surface area contributed by atoms with E-state index in [0.717, 1.165) is 13.1 Å². The molecule has 0 aromatic heterocycles. The molecule has 1 rings (SSSR count). The molecule has 0 heterocycles. The van der Waals surface area contributed by atoms with Crippen molar-refractivity contribution in [1.29, 1.82) is 0 Å². The van der Waals surface area contributed by atoms with Gasteiger partial charge < -0.3 is 4.90 Å². The molecule has 0 N–H and O–H groups in total. The van der Waals surface area contributed by atoms with Crippen LogP contribution < -0.4 is 4.90 Å². The third-order valence-corrected chi connectivity index (χ3v) is 5.65. The Morgan fingerprint density at radius 3 is 1.52 bits per heavy atom. The monoisotopic (exact) mass is 395 g/mol. The fourth-order valence-corrected chi connectivity index (χ4v) is 3.93. The summed E-state index contributed by atoms with van der Waals surface area (Å²) in [5.41, 5.74) is 3.00. The SMILES string of the molecule is CCCCCCCCCCCCCCCc1ccccc1N(CC)CC.Cl. The van der Waals surface area contributed by atoms with Crippen molar-refractivity contribution in [3.63, 3.8) is 0 Å². The average Bonchev–Trinajstić information content (AvgIpc) is 2.67. The number of rotatable bonds is 17. The van der Waals surface area contributed by atoms with Gasteiger partial charge in [-0.2, -0.15) is 0 Å². The highest BCUT2D eigenvalue weighted by molar-refractivity contribution is 5.85. The Bertz CT molecular complexity index is 428. The average molecular weight is 396 g/mol. The molecular formula is C25H46ClN. The second-order valence-electron chi connectivity index (χ2n) is 7.79. The van der Waals surface area contributed by atoms with E-state index in [1.807, 2.05) is 0 Å². The molecule has 0 amide bonds. The Morgan fingerprint density at radius 2 is 1.04 bits per heavy atom. The van der Waals surface area contributed by atoms with Crippen molar-refractivity contribution in [3.8, 4) is 0 Å². The van der Waals surface area contributed by atoms with E-state index >= 15 is 0 Å². The van der Waals surface area contributed by atoms with Crippen LogP contribution in [0.4, 0.5) is 5.69 Å². The van der Waals surface area contributed by atoms with E-state index < -0.39 is 0 Å². The smallest absolute Gasteiger partial charge is 0.0398 e. The van der Waals surface area contributed by atoms with Crippen LogP contribution >= 0.6 is 12.4 Å². The third-order valence-electron chi connectivity index (χ3n) is 5.65. The number of unbranched alkanes of at least 4 members (excludes halogenated alkanes) is 12. The molecule has 0 aliphatic heterocycles. The Kier molecular flexibility index (Phi) is 18.2. The predicted molar refractivity (Wildman–Crippen MR) is 127 cm³/mol. The summed E-state index contributed by atoms with van der Waals surface area (Å²) in [4.78, 5) is 2.48. The molecule has 158 valence electrons. The largest absolute Gasteiger partial charge is 0.372 e. The molecule has 0 saturated carbocycles. The molecular weight excluding hydrogens is 350 g/mol. The number of hydrogen-bond acceptors (Lipinski definition) is 1. The Balaban J connectivity index is 0.00000676. The molecule has 1 nitrogen and oxygen atoms in total. The summed E-state index contributed by atoms with van der Waals surface area (Å²) in [6.45, 7) is 9.01. The second-order valence-corrected chi connectivity index (χ2v) is 7.79. The lowest BCUT2D eigenvalue weighted by Crippen LogP contribution is -2.23. The molecule has 0 unspecified atom stereocenters. The van der Waals surface area contributed by atoms with Gasteiger partial charge in [0.15, 0.2) is 0 Å². The van der Waals surface area contributed by atoms with Crippen LogP contribution in [0.5, 0.6) is 0 Å². The van der Waals surface area contributed by atoms with E-state index in [-0.39, 0.29) is 12.4 Å². The van der Waals surface area contributed by atoms with Crippen LogP contribution in [0.1, 0.15) is 110 Å². The number of benzene rings is 1. The maximum absolute atomic E-state index is 2.48. The normalized spacial score (nSPS) is 10.6. The summed E-state index contributed by atoms with van der Waals surface area (Å²) in [5.74, 6) is 0. The van der Waals surface area contributed by atoms with E-state index in [1.54, 1.807) is 5.56 Å². The lowest BCUT2D eigenvalue weighted by atomic mass is 10.0. The number of anilines is 1. The van der Waals surface area contributed by atoms with Crippen molar-refractivity contribution < 1.29 is 0 Å². The van der Waals surface area contributed by atoms with Crippen molar-refractivity contribution in [2.24, 2.45) is 0 Å². The topological polar surface area (TPSA) is 3.24 Å². The Morgan fingerprint density at radius 1 is 0.593 bits per heavy atom. The van der Waals surface area contributed by atoms with Crippen LogP contribution in [-0.2, 0) is 6.42 Å². The van der Waals surface area contributed by atoms with Crippen molar-refractivity contribution >= 4 is 18.1 Å². The first-order chi connectivity index (χ1) is 12.8. The minimum Gasteiger partial charge on any atom is -0.372 e. The molecule has 0 aliphatic rings. The molecule has 0 aliphatic carbocycles. The molecule has 0 saturated heterocycles. The van der Waals surface area contributed by atoms with E-state index in [2.05, 4.69) is 49.9 Å². The molecule has 0 atom stereocenters. The molecule has 0 fully saturated rings. The highest BCUT2D eigenvalue weighted by Crippen LogP contribution is 2.22. The summed E-state index contributed by atoms with van der Waals surface area (Å²) in [6.07, 6.45) is 19.8. The van der Waals surface area contributed by atoms with Gasteiger partial charge in [0.2, 0.25) is 0 Å². The van der Waals surface area contributed by atoms with Crippen molar-refractivity contribution in [1.82, 2.24) is 0 Å². The number of halogens is 1. The van der Waals surface area contributed by atoms with Crippen LogP contribution in [0.2, 0.25) is 0 Å². The van der Waals surface area contributed by atoms with Gasteiger partial charge in [-0.25, -0.2) is 0 Å². The summed E-state index contributed by atoms with van der Waals surface area (Å²) in [6, 6.07) is 9.00. The summed E-state index contributed by atoms with van der Waals surface area (Å²) >= 11 is 0. The van der Waals surface area contributed by atoms with Crippen molar-refractivity contribution in [2.75, 3.05) is 18.0 Å². The van der Waals surface area contributed by atoms with Crippen LogP contribution in [0.15, 0.2) is 24.3 Å². The maximum Gasteiger partial charge on any atom is 0.0398 e. The number of hydrogen-bond donors (Lipinski definition) is 0.